The third-order valence-corrected chi connectivity index (χ3v) is 3.38. The van der Waals surface area contributed by atoms with Gasteiger partial charge in [-0.15, -0.1) is 0 Å². The van der Waals surface area contributed by atoms with Crippen LogP contribution in [0, 0.1) is 0 Å². The maximum absolute atomic E-state index is 9.49. The SMILES string of the molecule is CCC(N)=Nc1ccc2c(c1[NH2+]O)CN(C)CC2. The number of amidine groups is 1. The van der Waals surface area contributed by atoms with Crippen molar-refractivity contribution in [3.63, 3.8) is 0 Å². The fraction of sp³-hybridized carbons (Fsp3) is 0.462. The predicted octanol–water partition coefficient (Wildman–Crippen LogP) is 0.657. The summed E-state index contributed by atoms with van der Waals surface area (Å²) < 4.78 is 0. The van der Waals surface area contributed by atoms with Crippen molar-refractivity contribution in [2.75, 3.05) is 13.6 Å². The van der Waals surface area contributed by atoms with Crippen LogP contribution in [0.2, 0.25) is 0 Å². The van der Waals surface area contributed by atoms with E-state index in [0.29, 0.717) is 12.3 Å². The summed E-state index contributed by atoms with van der Waals surface area (Å²) in [7, 11) is 2.08. The van der Waals surface area contributed by atoms with E-state index in [1.807, 2.05) is 13.0 Å². The number of quaternary nitrogens is 1. The standard InChI is InChI=1S/C13H20N4O/c1-3-12(14)15-11-5-4-9-6-7-17(2)8-10(9)13(11)16-18/h4-5,16,18H,3,6-8H2,1-2H3,(H2,14,15)/p+1. The number of aliphatic imine (C=N–C) groups is 1. The molecule has 1 aliphatic heterocycles. The minimum absolute atomic E-state index is 0.585. The van der Waals surface area contributed by atoms with E-state index in [4.69, 9.17) is 5.73 Å². The van der Waals surface area contributed by atoms with Gasteiger partial charge in [0, 0.05) is 25.1 Å². The molecule has 0 aliphatic carbocycles. The van der Waals surface area contributed by atoms with Gasteiger partial charge in [0.2, 0.25) is 0 Å². The fourth-order valence-electron chi connectivity index (χ4n) is 2.25. The molecule has 1 heterocycles. The van der Waals surface area contributed by atoms with Gasteiger partial charge >= 0.3 is 0 Å². The van der Waals surface area contributed by atoms with Crippen LogP contribution < -0.4 is 11.2 Å². The lowest BCUT2D eigenvalue weighted by molar-refractivity contribution is -0.825. The van der Waals surface area contributed by atoms with E-state index in [9.17, 15) is 5.21 Å². The molecule has 0 atom stereocenters. The van der Waals surface area contributed by atoms with Gasteiger partial charge in [-0.1, -0.05) is 13.0 Å². The summed E-state index contributed by atoms with van der Waals surface area (Å²) in [5, 5.41) is 9.49. The number of benzene rings is 1. The summed E-state index contributed by atoms with van der Waals surface area (Å²) in [6, 6.07) is 4.03. The van der Waals surface area contributed by atoms with Crippen LogP contribution in [0.3, 0.4) is 0 Å². The molecule has 0 radical (unpaired) electrons. The van der Waals surface area contributed by atoms with Gasteiger partial charge in [-0.05, 0) is 25.1 Å². The molecular weight excluding hydrogens is 228 g/mol. The Labute approximate surface area is 107 Å². The van der Waals surface area contributed by atoms with Crippen molar-refractivity contribution in [3.05, 3.63) is 23.3 Å². The first kappa shape index (κ1) is 13.0. The topological polar surface area (TPSA) is 78.5 Å². The molecule has 5 N–H and O–H groups in total. The third kappa shape index (κ3) is 2.53. The predicted molar refractivity (Wildman–Crippen MR) is 71.4 cm³/mol. The molecule has 2 rings (SSSR count). The molecule has 0 fully saturated rings. The Morgan fingerprint density at radius 3 is 3.00 bits per heavy atom. The molecule has 0 aromatic heterocycles. The first-order chi connectivity index (χ1) is 8.65. The second-order valence-electron chi connectivity index (χ2n) is 4.71. The van der Waals surface area contributed by atoms with E-state index in [0.717, 1.165) is 41.9 Å². The first-order valence-corrected chi connectivity index (χ1v) is 6.29. The van der Waals surface area contributed by atoms with Gasteiger partial charge in [0.05, 0.1) is 5.84 Å². The number of hydrogen-bond donors (Lipinski definition) is 3. The molecular formula is C13H21N4O+. The molecule has 5 heteroatoms. The van der Waals surface area contributed by atoms with E-state index in [1.165, 1.54) is 5.56 Å². The van der Waals surface area contributed by atoms with Crippen LogP contribution in [0.15, 0.2) is 17.1 Å². The van der Waals surface area contributed by atoms with E-state index >= 15 is 0 Å². The summed E-state index contributed by atoms with van der Waals surface area (Å²) in [6.45, 7) is 3.86. The van der Waals surface area contributed by atoms with Crippen LogP contribution >= 0.6 is 0 Å². The molecule has 18 heavy (non-hydrogen) atoms. The Hall–Kier alpha value is -1.43. The van der Waals surface area contributed by atoms with Crippen molar-refractivity contribution < 1.29 is 10.7 Å². The quantitative estimate of drug-likeness (QED) is 0.319. The highest BCUT2D eigenvalue weighted by Crippen LogP contribution is 2.31. The molecule has 0 unspecified atom stereocenters. The largest absolute Gasteiger partial charge is 0.387 e. The molecule has 0 amide bonds. The van der Waals surface area contributed by atoms with E-state index in [-0.39, 0.29) is 0 Å². The minimum atomic E-state index is 0.585. The summed E-state index contributed by atoms with van der Waals surface area (Å²) in [5.74, 6) is 0.585. The average molecular weight is 249 g/mol. The molecule has 1 aliphatic rings. The second-order valence-corrected chi connectivity index (χ2v) is 4.71. The van der Waals surface area contributed by atoms with Gasteiger partial charge in [0.1, 0.15) is 5.69 Å². The summed E-state index contributed by atoms with van der Waals surface area (Å²) in [5.41, 5.74) is 10.9. The first-order valence-electron chi connectivity index (χ1n) is 6.29. The average Bonchev–Trinajstić information content (AvgIpc) is 2.38. The second kappa shape index (κ2) is 5.48. The number of hydrogen-bond acceptors (Lipinski definition) is 3. The highest BCUT2D eigenvalue weighted by Gasteiger charge is 2.21. The highest BCUT2D eigenvalue weighted by molar-refractivity contribution is 5.84. The number of likely N-dealkylation sites (N-methyl/N-ethyl adjacent to an activating group) is 1. The van der Waals surface area contributed by atoms with Gasteiger partial charge in [0.25, 0.3) is 0 Å². The molecule has 0 bridgehead atoms. The number of rotatable bonds is 3. The minimum Gasteiger partial charge on any atom is -0.387 e. The normalized spacial score (nSPS) is 16.7. The Balaban J connectivity index is 2.47. The monoisotopic (exact) mass is 249 g/mol. The Morgan fingerprint density at radius 2 is 2.33 bits per heavy atom. The molecule has 1 aromatic rings. The fourth-order valence-corrected chi connectivity index (χ4v) is 2.25. The van der Waals surface area contributed by atoms with Gasteiger partial charge in [0.15, 0.2) is 5.69 Å². The molecule has 0 spiro atoms. The highest BCUT2D eigenvalue weighted by atomic mass is 16.5. The zero-order valence-corrected chi connectivity index (χ0v) is 11.0. The number of nitrogens with two attached hydrogens (primary N) is 2. The molecule has 98 valence electrons. The summed E-state index contributed by atoms with van der Waals surface area (Å²) in [6.07, 6.45) is 1.72. The van der Waals surface area contributed by atoms with Gasteiger partial charge in [-0.3, -0.25) is 0 Å². The number of nitrogens with zero attached hydrogens (tertiary/aromatic N) is 2. The summed E-state index contributed by atoms with van der Waals surface area (Å²) in [4.78, 5) is 6.61. The zero-order valence-electron chi connectivity index (χ0n) is 11.0. The van der Waals surface area contributed by atoms with Crippen LogP contribution in [0.5, 0.6) is 0 Å². The van der Waals surface area contributed by atoms with Crippen molar-refractivity contribution in [2.24, 2.45) is 10.7 Å². The van der Waals surface area contributed by atoms with Crippen LogP contribution in [0.4, 0.5) is 11.4 Å². The Bertz CT molecular complexity index is 470. The van der Waals surface area contributed by atoms with E-state index in [2.05, 4.69) is 23.0 Å². The van der Waals surface area contributed by atoms with Gasteiger partial charge in [-0.25, -0.2) is 10.2 Å². The lowest BCUT2D eigenvalue weighted by Crippen LogP contribution is -2.74. The van der Waals surface area contributed by atoms with Gasteiger partial charge < -0.3 is 10.6 Å². The molecule has 5 nitrogen and oxygen atoms in total. The third-order valence-electron chi connectivity index (χ3n) is 3.38. The molecule has 1 aromatic carbocycles. The molecule has 0 saturated heterocycles. The molecule has 0 saturated carbocycles. The maximum Gasteiger partial charge on any atom is 0.192 e. The summed E-state index contributed by atoms with van der Waals surface area (Å²) >= 11 is 0. The van der Waals surface area contributed by atoms with Crippen molar-refractivity contribution in [1.82, 2.24) is 4.90 Å². The van der Waals surface area contributed by atoms with Crippen molar-refractivity contribution in [2.45, 2.75) is 26.3 Å². The van der Waals surface area contributed by atoms with Crippen molar-refractivity contribution in [1.29, 1.82) is 0 Å². The van der Waals surface area contributed by atoms with E-state index < -0.39 is 0 Å². The van der Waals surface area contributed by atoms with E-state index in [1.54, 1.807) is 0 Å². The maximum atomic E-state index is 9.49. The number of fused-ring (bicyclic) bond motifs is 1. The lowest BCUT2D eigenvalue weighted by Gasteiger charge is -2.25. The van der Waals surface area contributed by atoms with Crippen molar-refractivity contribution in [3.8, 4) is 0 Å². The van der Waals surface area contributed by atoms with Crippen LogP contribution in [0.25, 0.3) is 0 Å². The van der Waals surface area contributed by atoms with Crippen LogP contribution in [-0.4, -0.2) is 29.5 Å². The van der Waals surface area contributed by atoms with Gasteiger partial charge in [-0.2, -0.15) is 5.48 Å². The Kier molecular flexibility index (Phi) is 3.96. The Morgan fingerprint density at radius 1 is 1.56 bits per heavy atom. The van der Waals surface area contributed by atoms with Crippen LogP contribution in [-0.2, 0) is 13.0 Å². The smallest absolute Gasteiger partial charge is 0.192 e. The van der Waals surface area contributed by atoms with Crippen LogP contribution in [0.1, 0.15) is 24.5 Å². The van der Waals surface area contributed by atoms with Crippen molar-refractivity contribution >= 4 is 17.2 Å². The zero-order chi connectivity index (χ0) is 13.1. The lowest BCUT2D eigenvalue weighted by atomic mass is 9.97.